The van der Waals surface area contributed by atoms with Crippen LogP contribution in [0.25, 0.3) is 0 Å². The van der Waals surface area contributed by atoms with Crippen molar-refractivity contribution in [3.05, 3.63) is 65.7 Å². The minimum absolute atomic E-state index is 0.125. The van der Waals surface area contributed by atoms with Gasteiger partial charge in [0.25, 0.3) is 0 Å². The molecule has 3 rings (SSSR count). The first-order valence-electron chi connectivity index (χ1n) is 7.90. The van der Waals surface area contributed by atoms with E-state index in [-0.39, 0.29) is 11.5 Å². The first-order valence-corrected chi connectivity index (χ1v) is 7.90. The predicted molar refractivity (Wildman–Crippen MR) is 90.2 cm³/mol. The van der Waals surface area contributed by atoms with Gasteiger partial charge in [-0.3, -0.25) is 4.79 Å². The zero-order valence-corrected chi connectivity index (χ0v) is 13.2. The van der Waals surface area contributed by atoms with E-state index in [9.17, 15) is 9.59 Å². The lowest BCUT2D eigenvalue weighted by molar-refractivity contribution is -0.125. The van der Waals surface area contributed by atoms with E-state index in [4.69, 9.17) is 9.84 Å². The Morgan fingerprint density at radius 3 is 2.38 bits per heavy atom. The molecule has 1 fully saturated rings. The van der Waals surface area contributed by atoms with Crippen molar-refractivity contribution in [2.75, 3.05) is 18.5 Å². The minimum atomic E-state index is -1.02. The third-order valence-electron chi connectivity index (χ3n) is 4.47. The summed E-state index contributed by atoms with van der Waals surface area (Å²) in [6.07, 6.45) is 1.20. The predicted octanol–water partition coefficient (Wildman–Crippen LogP) is 3.07. The lowest BCUT2D eigenvalue weighted by Gasteiger charge is -2.36. The minimum Gasteiger partial charge on any atom is -0.478 e. The molecule has 2 N–H and O–H groups in total. The summed E-state index contributed by atoms with van der Waals surface area (Å²) in [5, 5.41) is 12.0. The zero-order valence-electron chi connectivity index (χ0n) is 13.2. The molecule has 1 heterocycles. The Morgan fingerprint density at radius 1 is 1.00 bits per heavy atom. The molecule has 1 aliphatic rings. The molecule has 0 bridgehead atoms. The summed E-state index contributed by atoms with van der Waals surface area (Å²) in [6.45, 7) is 1.05. The molecule has 24 heavy (non-hydrogen) atoms. The summed E-state index contributed by atoms with van der Waals surface area (Å²) in [5.41, 5.74) is 0.939. The van der Waals surface area contributed by atoms with Gasteiger partial charge in [0.1, 0.15) is 0 Å². The van der Waals surface area contributed by atoms with E-state index in [1.807, 2.05) is 30.3 Å². The number of benzene rings is 2. The number of amides is 1. The van der Waals surface area contributed by atoms with Crippen LogP contribution in [0.2, 0.25) is 0 Å². The fraction of sp³-hybridized carbons (Fsp3) is 0.263. The Kier molecular flexibility index (Phi) is 4.62. The van der Waals surface area contributed by atoms with E-state index < -0.39 is 11.4 Å². The van der Waals surface area contributed by atoms with E-state index in [0.717, 1.165) is 5.56 Å². The SMILES string of the molecule is O=C(O)c1cccc(NC(=O)C2(c3ccccc3)CCOCC2)c1. The second-order valence-corrected chi connectivity index (χ2v) is 5.90. The summed E-state index contributed by atoms with van der Waals surface area (Å²) < 4.78 is 5.44. The van der Waals surface area contributed by atoms with Gasteiger partial charge in [0.05, 0.1) is 11.0 Å². The lowest BCUT2D eigenvalue weighted by atomic mass is 9.73. The van der Waals surface area contributed by atoms with E-state index in [1.165, 1.54) is 12.1 Å². The third-order valence-corrected chi connectivity index (χ3v) is 4.47. The van der Waals surface area contributed by atoms with Crippen LogP contribution in [0.3, 0.4) is 0 Å². The van der Waals surface area contributed by atoms with Gasteiger partial charge in [0.2, 0.25) is 5.91 Å². The van der Waals surface area contributed by atoms with Crippen molar-refractivity contribution in [1.29, 1.82) is 0 Å². The molecule has 0 aliphatic carbocycles. The van der Waals surface area contributed by atoms with Gasteiger partial charge in [-0.15, -0.1) is 0 Å². The molecule has 2 aromatic rings. The topological polar surface area (TPSA) is 75.6 Å². The maximum absolute atomic E-state index is 13.1. The largest absolute Gasteiger partial charge is 0.478 e. The molecule has 0 radical (unpaired) electrons. The van der Waals surface area contributed by atoms with Crippen molar-refractivity contribution in [2.45, 2.75) is 18.3 Å². The molecule has 0 aromatic heterocycles. The number of anilines is 1. The van der Waals surface area contributed by atoms with Crippen LogP contribution >= 0.6 is 0 Å². The first-order chi connectivity index (χ1) is 11.6. The van der Waals surface area contributed by atoms with Crippen LogP contribution in [-0.4, -0.2) is 30.2 Å². The van der Waals surface area contributed by atoms with Gasteiger partial charge in [-0.25, -0.2) is 4.79 Å². The van der Waals surface area contributed by atoms with Crippen molar-refractivity contribution in [1.82, 2.24) is 0 Å². The third kappa shape index (κ3) is 3.16. The number of carbonyl (C=O) groups is 2. The van der Waals surface area contributed by atoms with Crippen molar-refractivity contribution in [3.63, 3.8) is 0 Å². The molecule has 0 unspecified atom stereocenters. The first kappa shape index (κ1) is 16.2. The number of rotatable bonds is 4. The average molecular weight is 325 g/mol. The van der Waals surface area contributed by atoms with Gasteiger partial charge >= 0.3 is 5.97 Å². The van der Waals surface area contributed by atoms with E-state index >= 15 is 0 Å². The highest BCUT2D eigenvalue weighted by Gasteiger charge is 2.41. The molecule has 0 atom stereocenters. The number of aromatic carboxylic acids is 1. The summed E-state index contributed by atoms with van der Waals surface area (Å²) in [4.78, 5) is 24.2. The smallest absolute Gasteiger partial charge is 0.335 e. The molecule has 124 valence electrons. The number of carbonyl (C=O) groups excluding carboxylic acids is 1. The highest BCUT2D eigenvalue weighted by Crippen LogP contribution is 2.36. The number of ether oxygens (including phenoxy) is 1. The molecule has 1 aliphatic heterocycles. The Morgan fingerprint density at radius 2 is 1.71 bits per heavy atom. The van der Waals surface area contributed by atoms with Gasteiger partial charge in [-0.1, -0.05) is 36.4 Å². The number of hydrogen-bond acceptors (Lipinski definition) is 3. The van der Waals surface area contributed by atoms with Crippen LogP contribution < -0.4 is 5.32 Å². The van der Waals surface area contributed by atoms with Crippen molar-refractivity contribution in [2.24, 2.45) is 0 Å². The Bertz CT molecular complexity index is 736. The molecule has 2 aromatic carbocycles. The number of nitrogens with one attached hydrogen (secondary N) is 1. The maximum Gasteiger partial charge on any atom is 0.335 e. The maximum atomic E-state index is 13.1. The van der Waals surface area contributed by atoms with Crippen LogP contribution in [-0.2, 0) is 14.9 Å². The summed E-state index contributed by atoms with van der Waals surface area (Å²) in [6, 6.07) is 16.0. The van der Waals surface area contributed by atoms with Gasteiger partial charge in [0, 0.05) is 18.9 Å². The van der Waals surface area contributed by atoms with Gasteiger partial charge in [-0.05, 0) is 36.6 Å². The summed E-state index contributed by atoms with van der Waals surface area (Å²) in [5.74, 6) is -1.14. The molecule has 1 saturated heterocycles. The average Bonchev–Trinajstić information content (AvgIpc) is 2.63. The zero-order chi connectivity index (χ0) is 17.0. The molecule has 5 heteroatoms. The van der Waals surface area contributed by atoms with Crippen LogP contribution in [0.1, 0.15) is 28.8 Å². The van der Waals surface area contributed by atoms with Crippen LogP contribution in [0.5, 0.6) is 0 Å². The van der Waals surface area contributed by atoms with Gasteiger partial charge in [0.15, 0.2) is 0 Å². The molecule has 0 spiro atoms. The number of hydrogen-bond donors (Lipinski definition) is 2. The summed E-state index contributed by atoms with van der Waals surface area (Å²) >= 11 is 0. The number of carboxylic acids is 1. The normalized spacial score (nSPS) is 16.3. The van der Waals surface area contributed by atoms with E-state index in [2.05, 4.69) is 5.32 Å². The molecule has 5 nitrogen and oxygen atoms in total. The van der Waals surface area contributed by atoms with E-state index in [0.29, 0.717) is 31.7 Å². The Hall–Kier alpha value is -2.66. The fourth-order valence-corrected chi connectivity index (χ4v) is 3.10. The van der Waals surface area contributed by atoms with Crippen LogP contribution in [0.4, 0.5) is 5.69 Å². The van der Waals surface area contributed by atoms with Crippen molar-refractivity contribution in [3.8, 4) is 0 Å². The quantitative estimate of drug-likeness (QED) is 0.906. The lowest BCUT2D eigenvalue weighted by Crippen LogP contribution is -2.44. The molecule has 0 saturated carbocycles. The Balaban J connectivity index is 1.90. The molecule has 1 amide bonds. The highest BCUT2D eigenvalue weighted by atomic mass is 16.5. The molecular formula is C19H19NO4. The summed E-state index contributed by atoms with van der Waals surface area (Å²) in [7, 11) is 0. The molecular weight excluding hydrogens is 306 g/mol. The van der Waals surface area contributed by atoms with E-state index in [1.54, 1.807) is 12.1 Å². The van der Waals surface area contributed by atoms with Crippen LogP contribution in [0.15, 0.2) is 54.6 Å². The standard InChI is InChI=1S/C19H19NO4/c21-17(22)14-5-4-8-16(13-14)20-18(23)19(9-11-24-12-10-19)15-6-2-1-3-7-15/h1-8,13H,9-12H2,(H,20,23)(H,21,22). The van der Waals surface area contributed by atoms with Gasteiger partial charge in [-0.2, -0.15) is 0 Å². The van der Waals surface area contributed by atoms with Crippen LogP contribution in [0, 0.1) is 0 Å². The second kappa shape index (κ2) is 6.84. The van der Waals surface area contributed by atoms with Crippen molar-refractivity contribution >= 4 is 17.6 Å². The second-order valence-electron chi connectivity index (χ2n) is 5.90. The van der Waals surface area contributed by atoms with Gasteiger partial charge < -0.3 is 15.2 Å². The fourth-order valence-electron chi connectivity index (χ4n) is 3.10. The van der Waals surface area contributed by atoms with Crippen molar-refractivity contribution < 1.29 is 19.4 Å². The highest BCUT2D eigenvalue weighted by molar-refractivity contribution is 6.00. The Labute approximate surface area is 140 Å². The monoisotopic (exact) mass is 325 g/mol. The number of carboxylic acid groups (broad SMARTS) is 1.